The highest BCUT2D eigenvalue weighted by atomic mass is 15.5. The second-order valence-electron chi connectivity index (χ2n) is 9.33. The molecular weight excluding hydrogens is 358 g/mol. The molecule has 146 valence electrons. The van der Waals surface area contributed by atoms with E-state index in [2.05, 4.69) is 83.0 Å². The molecule has 4 aromatic rings. The van der Waals surface area contributed by atoms with E-state index < -0.39 is 0 Å². The molecule has 0 spiro atoms. The Hall–Kier alpha value is -2.95. The second-order valence-corrected chi connectivity index (χ2v) is 9.33. The van der Waals surface area contributed by atoms with Crippen LogP contribution < -0.4 is 4.90 Å². The first-order valence-electron chi connectivity index (χ1n) is 10.7. The Bertz CT molecular complexity index is 1400. The largest absolute Gasteiger partial charge is 0.354 e. The predicted molar refractivity (Wildman–Crippen MR) is 117 cm³/mol. The fourth-order valence-electron chi connectivity index (χ4n) is 6.14. The number of allylic oxidation sites excluding steroid dienone is 2. The molecule has 4 heterocycles. The lowest BCUT2D eigenvalue weighted by molar-refractivity contribution is 0.229. The van der Waals surface area contributed by atoms with E-state index in [0.29, 0.717) is 6.04 Å². The standard InChI is InChI=1S/C24H25N5/c1-14-12-13-19-22-20(14)29-21-17(26(4)24(29,2)3)10-7-11-18(21)28(22)23-25-15-8-5-6-9-16(15)27(19)23/h5-6,8-9,12-13,18H,7,10-11H2,1-4H3. The van der Waals surface area contributed by atoms with Crippen LogP contribution in [0.15, 0.2) is 47.8 Å². The van der Waals surface area contributed by atoms with Crippen molar-refractivity contribution in [3.05, 3.63) is 53.4 Å². The molecule has 0 saturated heterocycles. The van der Waals surface area contributed by atoms with E-state index in [1.54, 1.807) is 0 Å². The first kappa shape index (κ1) is 15.9. The van der Waals surface area contributed by atoms with E-state index in [-0.39, 0.29) is 5.66 Å². The van der Waals surface area contributed by atoms with Crippen molar-refractivity contribution in [1.29, 1.82) is 0 Å². The summed E-state index contributed by atoms with van der Waals surface area (Å²) in [6.45, 7) is 6.98. The van der Waals surface area contributed by atoms with Crippen molar-refractivity contribution in [2.45, 2.75) is 51.7 Å². The summed E-state index contributed by atoms with van der Waals surface area (Å²) in [5, 5.41) is 0. The maximum atomic E-state index is 5.12. The van der Waals surface area contributed by atoms with Gasteiger partial charge in [0.05, 0.1) is 39.5 Å². The highest BCUT2D eigenvalue weighted by Crippen LogP contribution is 2.56. The number of fused-ring (bicyclic) bond motifs is 7. The number of nitrogens with zero attached hydrogens (tertiary/aromatic N) is 5. The molecule has 5 nitrogen and oxygen atoms in total. The molecule has 0 fully saturated rings. The number of aryl methyl sites for hydroxylation is 1. The third-order valence-corrected chi connectivity index (χ3v) is 7.62. The molecule has 3 aliphatic rings. The smallest absolute Gasteiger partial charge is 0.216 e. The number of benzene rings is 2. The second kappa shape index (κ2) is 4.78. The minimum absolute atomic E-state index is 0.0635. The van der Waals surface area contributed by atoms with Gasteiger partial charge in [0, 0.05) is 12.7 Å². The van der Waals surface area contributed by atoms with Crippen LogP contribution in [-0.4, -0.2) is 31.6 Å². The fourth-order valence-corrected chi connectivity index (χ4v) is 6.14. The monoisotopic (exact) mass is 383 g/mol. The Morgan fingerprint density at radius 2 is 1.90 bits per heavy atom. The molecule has 0 radical (unpaired) electrons. The number of para-hydroxylation sites is 2. The maximum absolute atomic E-state index is 5.12. The number of rotatable bonds is 0. The van der Waals surface area contributed by atoms with Crippen LogP contribution in [0.3, 0.4) is 0 Å². The Balaban J connectivity index is 1.73. The first-order valence-corrected chi connectivity index (χ1v) is 10.7. The van der Waals surface area contributed by atoms with Gasteiger partial charge in [-0.3, -0.25) is 8.97 Å². The van der Waals surface area contributed by atoms with Gasteiger partial charge in [0.1, 0.15) is 5.66 Å². The van der Waals surface area contributed by atoms with E-state index in [0.717, 1.165) is 11.3 Å². The lowest BCUT2D eigenvalue weighted by atomic mass is 9.92. The summed E-state index contributed by atoms with van der Waals surface area (Å²) in [5.41, 5.74) is 10.5. The maximum Gasteiger partial charge on any atom is 0.216 e. The van der Waals surface area contributed by atoms with Crippen molar-refractivity contribution in [2.75, 3.05) is 11.9 Å². The molecule has 7 rings (SSSR count). The van der Waals surface area contributed by atoms with E-state index >= 15 is 0 Å². The van der Waals surface area contributed by atoms with Gasteiger partial charge in [-0.15, -0.1) is 0 Å². The molecule has 1 atom stereocenters. The molecule has 2 aromatic heterocycles. The van der Waals surface area contributed by atoms with Gasteiger partial charge < -0.3 is 9.80 Å². The minimum atomic E-state index is -0.0635. The molecule has 0 bridgehead atoms. The third-order valence-electron chi connectivity index (χ3n) is 7.62. The summed E-state index contributed by atoms with van der Waals surface area (Å²) in [5.74, 6) is 1.08. The summed E-state index contributed by atoms with van der Waals surface area (Å²) in [6, 6.07) is 13.5. The van der Waals surface area contributed by atoms with Crippen LogP contribution >= 0.6 is 0 Å². The molecule has 29 heavy (non-hydrogen) atoms. The molecule has 5 heteroatoms. The van der Waals surface area contributed by atoms with E-state index in [4.69, 9.17) is 4.98 Å². The van der Waals surface area contributed by atoms with Gasteiger partial charge in [0.25, 0.3) is 0 Å². The Kier molecular flexibility index (Phi) is 2.62. The molecule has 0 N–H and O–H groups in total. The van der Waals surface area contributed by atoms with Crippen LogP contribution in [0.25, 0.3) is 27.8 Å². The number of anilines is 1. The molecule has 0 amide bonds. The van der Waals surface area contributed by atoms with Crippen LogP contribution in [0.4, 0.5) is 5.69 Å². The van der Waals surface area contributed by atoms with Crippen molar-refractivity contribution in [3.8, 4) is 0 Å². The van der Waals surface area contributed by atoms with Gasteiger partial charge in [-0.1, -0.05) is 18.2 Å². The van der Waals surface area contributed by atoms with Gasteiger partial charge in [-0.2, -0.15) is 0 Å². The molecule has 1 unspecified atom stereocenters. The van der Waals surface area contributed by atoms with Crippen LogP contribution in [0.5, 0.6) is 0 Å². The zero-order valence-corrected chi connectivity index (χ0v) is 17.4. The zero-order chi connectivity index (χ0) is 19.7. The first-order chi connectivity index (χ1) is 14.0. The van der Waals surface area contributed by atoms with Crippen LogP contribution in [0, 0.1) is 6.92 Å². The molecular formula is C24H25N5. The van der Waals surface area contributed by atoms with Gasteiger partial charge in [0.2, 0.25) is 5.78 Å². The predicted octanol–water partition coefficient (Wildman–Crippen LogP) is 5.19. The van der Waals surface area contributed by atoms with Gasteiger partial charge in [-0.05, 0) is 63.8 Å². The number of aromatic nitrogens is 3. The summed E-state index contributed by atoms with van der Waals surface area (Å²) < 4.78 is 4.93. The molecule has 0 saturated carbocycles. The lowest BCUT2D eigenvalue weighted by Gasteiger charge is -2.44. The summed E-state index contributed by atoms with van der Waals surface area (Å²) in [7, 11) is 2.27. The number of hydrogen-bond donors (Lipinski definition) is 0. The van der Waals surface area contributed by atoms with Crippen LogP contribution in [0.2, 0.25) is 0 Å². The van der Waals surface area contributed by atoms with Crippen molar-refractivity contribution in [2.24, 2.45) is 0 Å². The van der Waals surface area contributed by atoms with Crippen molar-refractivity contribution in [3.63, 3.8) is 0 Å². The highest BCUT2D eigenvalue weighted by molar-refractivity contribution is 6.00. The quantitative estimate of drug-likeness (QED) is 0.418. The van der Waals surface area contributed by atoms with E-state index in [9.17, 15) is 0 Å². The van der Waals surface area contributed by atoms with Gasteiger partial charge in [-0.25, -0.2) is 4.98 Å². The Labute approximate surface area is 169 Å². The van der Waals surface area contributed by atoms with E-state index in [1.807, 2.05) is 0 Å². The van der Waals surface area contributed by atoms with Gasteiger partial charge in [0.15, 0.2) is 0 Å². The van der Waals surface area contributed by atoms with Crippen LogP contribution in [-0.2, 0) is 0 Å². The third kappa shape index (κ3) is 1.61. The minimum Gasteiger partial charge on any atom is -0.354 e. The fraction of sp³-hybridized carbons (Fsp3) is 0.375. The number of imidazole rings is 2. The van der Waals surface area contributed by atoms with Gasteiger partial charge >= 0.3 is 0 Å². The lowest BCUT2D eigenvalue weighted by Crippen LogP contribution is -2.50. The van der Waals surface area contributed by atoms with Crippen molar-refractivity contribution >= 4 is 33.5 Å². The van der Waals surface area contributed by atoms with Crippen molar-refractivity contribution in [1.82, 2.24) is 18.9 Å². The van der Waals surface area contributed by atoms with Crippen molar-refractivity contribution < 1.29 is 0 Å². The zero-order valence-electron chi connectivity index (χ0n) is 17.4. The summed E-state index contributed by atoms with van der Waals surface area (Å²) >= 11 is 0. The Morgan fingerprint density at radius 1 is 1.07 bits per heavy atom. The molecule has 2 aromatic carbocycles. The van der Waals surface area contributed by atoms with Crippen LogP contribution in [0.1, 0.15) is 44.7 Å². The molecule has 2 aliphatic heterocycles. The average molecular weight is 383 g/mol. The average Bonchev–Trinajstić information content (AvgIpc) is 3.30. The summed E-state index contributed by atoms with van der Waals surface area (Å²) in [4.78, 5) is 10.3. The highest BCUT2D eigenvalue weighted by Gasteiger charge is 2.51. The summed E-state index contributed by atoms with van der Waals surface area (Å²) in [6.07, 6.45) is 3.57. The van der Waals surface area contributed by atoms with E-state index in [1.165, 1.54) is 58.5 Å². The SMILES string of the molecule is Cc1ccc2c3c1N1C4=C(CCCC4n3c3nc4ccccc4n23)N(C)C1(C)C. The topological polar surface area (TPSA) is 28.7 Å². The number of hydrogen-bond acceptors (Lipinski definition) is 3. The molecule has 1 aliphatic carbocycles. The Morgan fingerprint density at radius 3 is 2.76 bits per heavy atom. The normalized spacial score (nSPS) is 22.4.